The van der Waals surface area contributed by atoms with Crippen LogP contribution in [0.25, 0.3) is 0 Å². The van der Waals surface area contributed by atoms with E-state index in [1.165, 1.54) is 13.5 Å². The fourth-order valence-corrected chi connectivity index (χ4v) is 9.26. The van der Waals surface area contributed by atoms with E-state index in [9.17, 15) is 37.8 Å². The molecule has 0 aliphatic carbocycles. The molecule has 0 fully saturated rings. The second-order valence-corrected chi connectivity index (χ2v) is 11.6. The van der Waals surface area contributed by atoms with Crippen LogP contribution in [0.5, 0.6) is 0 Å². The molecular weight excluding hydrogens is 436 g/mol. The molecular formula is C2H5F9N5OP5. The first-order valence-corrected chi connectivity index (χ1v) is 12.1. The monoisotopic (exact) mass is 441 g/mol. The van der Waals surface area contributed by atoms with E-state index in [0.29, 0.717) is 0 Å². The molecule has 0 N–H and O–H groups in total. The molecule has 20 heteroatoms. The number of hydrogen-bond acceptors (Lipinski definition) is 6. The second-order valence-electron chi connectivity index (χ2n) is 3.16. The van der Waals surface area contributed by atoms with Crippen LogP contribution in [0.15, 0.2) is 22.6 Å². The largest absolute Gasteiger partial charge is 0.425 e. The van der Waals surface area contributed by atoms with Gasteiger partial charge in [-0.25, -0.2) is 0 Å². The van der Waals surface area contributed by atoms with Crippen molar-refractivity contribution in [1.82, 2.24) is 0 Å². The van der Waals surface area contributed by atoms with E-state index in [0.717, 1.165) is 6.92 Å². The van der Waals surface area contributed by atoms with Crippen LogP contribution in [0.3, 0.4) is 0 Å². The van der Waals surface area contributed by atoms with E-state index in [2.05, 4.69) is 4.52 Å². The molecule has 0 aromatic heterocycles. The molecule has 1 unspecified atom stereocenters. The Morgan fingerprint density at radius 1 is 0.591 bits per heavy atom. The van der Waals surface area contributed by atoms with E-state index in [1.807, 2.05) is 9.03 Å². The normalized spacial score (nSPS) is 32.3. The van der Waals surface area contributed by atoms with Gasteiger partial charge in [0.1, 0.15) is 0 Å². The number of hydrogen-bond donors (Lipinski definition) is 0. The molecule has 0 saturated carbocycles. The van der Waals surface area contributed by atoms with Crippen molar-refractivity contribution in [1.29, 1.82) is 0 Å². The molecule has 1 aliphatic rings. The molecule has 0 spiro atoms. The van der Waals surface area contributed by atoms with Gasteiger partial charge in [0.2, 0.25) is 0 Å². The van der Waals surface area contributed by atoms with Gasteiger partial charge in [0.05, 0.1) is 6.61 Å². The van der Waals surface area contributed by atoms with Crippen LogP contribution < -0.4 is 0 Å². The Kier molecular flexibility index (Phi) is 5.98. The van der Waals surface area contributed by atoms with Crippen molar-refractivity contribution in [3.05, 3.63) is 0 Å². The summed E-state index contributed by atoms with van der Waals surface area (Å²) in [6.45, 7) is 0.184. The van der Waals surface area contributed by atoms with Crippen molar-refractivity contribution in [3.8, 4) is 0 Å². The lowest BCUT2D eigenvalue weighted by molar-refractivity contribution is 0.348. The van der Waals surface area contributed by atoms with Gasteiger partial charge in [0.15, 0.2) is 0 Å². The summed E-state index contributed by atoms with van der Waals surface area (Å²) in [5.74, 6) is 0. The standard InChI is InChI=1S/C2H5F9N5OP5/c1-2-17-22(11)15-20(7,8)13-18(3,4)12-19(5,6)14-21(9,10)16-22/h2H2,1H3. The molecule has 0 aromatic carbocycles. The zero-order valence-electron chi connectivity index (χ0n) is 9.99. The van der Waals surface area contributed by atoms with Crippen LogP contribution >= 0.6 is 39.0 Å². The first kappa shape index (κ1) is 20.5. The fourth-order valence-electron chi connectivity index (χ4n) is 0.959. The maximum absolute atomic E-state index is 13.9. The minimum atomic E-state index is -6.73. The molecule has 22 heavy (non-hydrogen) atoms. The first-order valence-electron chi connectivity index (χ1n) is 4.70. The lowest BCUT2D eigenvalue weighted by atomic mass is 10.9. The summed E-state index contributed by atoms with van der Waals surface area (Å²) in [7, 11) is -32.5. The Morgan fingerprint density at radius 3 is 1.27 bits per heavy atom. The molecule has 0 bridgehead atoms. The van der Waals surface area contributed by atoms with Gasteiger partial charge >= 0.3 is 39.0 Å². The van der Waals surface area contributed by atoms with Crippen LogP contribution in [0.4, 0.5) is 37.8 Å². The summed E-state index contributed by atoms with van der Waals surface area (Å²) in [4.78, 5) is 0. The summed E-state index contributed by atoms with van der Waals surface area (Å²) in [5, 5.41) is 0. The van der Waals surface area contributed by atoms with Crippen LogP contribution in [0, 0.1) is 0 Å². The van der Waals surface area contributed by atoms with Crippen molar-refractivity contribution in [3.63, 3.8) is 0 Å². The van der Waals surface area contributed by atoms with E-state index in [4.69, 9.17) is 0 Å². The molecule has 132 valence electrons. The minimum absolute atomic E-state index is 0.793. The molecule has 1 heterocycles. The quantitative estimate of drug-likeness (QED) is 0.311. The molecule has 0 aromatic rings. The van der Waals surface area contributed by atoms with Gasteiger partial charge < -0.3 is 4.52 Å². The van der Waals surface area contributed by atoms with Gasteiger partial charge in [-0.05, 0) is 6.92 Å². The Hall–Kier alpha value is 0.480. The van der Waals surface area contributed by atoms with Crippen molar-refractivity contribution >= 4 is 39.0 Å². The SMILES string of the molecule is CCOP1(F)=NP(F)(F)=NP(F)(F)=NP(F)(F)=NP(F)(F)=N1. The Labute approximate surface area is 118 Å². The topological polar surface area (TPSA) is 71.0 Å². The molecule has 0 amide bonds. The van der Waals surface area contributed by atoms with Crippen molar-refractivity contribution in [2.24, 2.45) is 22.6 Å². The number of nitrogens with zero attached hydrogens (tertiary/aromatic N) is 5. The van der Waals surface area contributed by atoms with Gasteiger partial charge in [-0.1, -0.05) is 0 Å². The zero-order valence-corrected chi connectivity index (χ0v) is 14.5. The van der Waals surface area contributed by atoms with Crippen molar-refractivity contribution in [2.45, 2.75) is 6.92 Å². The van der Waals surface area contributed by atoms with Gasteiger partial charge in [0, 0.05) is 0 Å². The van der Waals surface area contributed by atoms with Crippen LogP contribution in [-0.4, -0.2) is 6.61 Å². The molecule has 1 aliphatic heterocycles. The highest BCUT2D eigenvalue weighted by Crippen LogP contribution is 2.82. The average Bonchev–Trinajstić information content (AvgIpc) is 2.04. The van der Waals surface area contributed by atoms with Gasteiger partial charge in [0.25, 0.3) is 0 Å². The average molecular weight is 441 g/mol. The van der Waals surface area contributed by atoms with Gasteiger partial charge in [-0.15, -0.1) is 56.2 Å². The second kappa shape index (κ2) is 6.41. The van der Waals surface area contributed by atoms with Crippen LogP contribution in [0.2, 0.25) is 0 Å². The summed E-state index contributed by atoms with van der Waals surface area (Å²) in [6.07, 6.45) is 0. The van der Waals surface area contributed by atoms with Crippen LogP contribution in [0.1, 0.15) is 6.92 Å². The van der Waals surface area contributed by atoms with E-state index < -0.39 is 45.7 Å². The third-order valence-electron chi connectivity index (χ3n) is 1.37. The summed E-state index contributed by atoms with van der Waals surface area (Å²) in [6, 6.07) is 0. The molecule has 1 rings (SSSR count). The fraction of sp³-hybridized carbons (Fsp3) is 1.00. The molecule has 0 saturated heterocycles. The lowest BCUT2D eigenvalue weighted by Crippen LogP contribution is -1.82. The molecule has 1 atom stereocenters. The van der Waals surface area contributed by atoms with E-state index in [-0.39, 0.29) is 0 Å². The van der Waals surface area contributed by atoms with E-state index in [1.54, 1.807) is 0 Å². The Bertz CT molecular complexity index is 709. The maximum atomic E-state index is 13.9. The highest BCUT2D eigenvalue weighted by molar-refractivity contribution is 7.78. The van der Waals surface area contributed by atoms with Crippen LogP contribution in [-0.2, 0) is 4.52 Å². The number of halogens is 9. The Balaban J connectivity index is 3.96. The molecule has 6 nitrogen and oxygen atoms in total. The maximum Gasteiger partial charge on any atom is 0.425 e. The van der Waals surface area contributed by atoms with Crippen molar-refractivity contribution in [2.75, 3.05) is 6.61 Å². The first-order chi connectivity index (χ1) is 9.60. The molecule has 0 radical (unpaired) electrons. The summed E-state index contributed by atoms with van der Waals surface area (Å²) < 4.78 is 130. The predicted molar refractivity (Wildman–Crippen MR) is 68.3 cm³/mol. The third kappa shape index (κ3) is 6.54. The Morgan fingerprint density at radius 2 is 0.909 bits per heavy atom. The minimum Gasteiger partial charge on any atom is -0.303 e. The zero-order chi connectivity index (χ0) is 17.4. The van der Waals surface area contributed by atoms with E-state index >= 15 is 0 Å². The summed E-state index contributed by atoms with van der Waals surface area (Å²) in [5.41, 5.74) is 0. The van der Waals surface area contributed by atoms with Gasteiger partial charge in [-0.3, -0.25) is 0 Å². The predicted octanol–water partition coefficient (Wildman–Crippen LogP) is 9.49. The highest BCUT2D eigenvalue weighted by Gasteiger charge is 2.40. The lowest BCUT2D eigenvalue weighted by Gasteiger charge is -2.13. The smallest absolute Gasteiger partial charge is 0.303 e. The highest BCUT2D eigenvalue weighted by atomic mass is 31.3. The van der Waals surface area contributed by atoms with Gasteiger partial charge in [-0.2, -0.15) is 4.20 Å². The van der Waals surface area contributed by atoms with Crippen molar-refractivity contribution < 1.29 is 42.3 Å². The summed E-state index contributed by atoms with van der Waals surface area (Å²) >= 11 is 0. The number of rotatable bonds is 2. The third-order valence-corrected chi connectivity index (χ3v) is 10.6.